The quantitative estimate of drug-likeness (QED) is 0.499. The summed E-state index contributed by atoms with van der Waals surface area (Å²) < 4.78 is 32.7. The van der Waals surface area contributed by atoms with Crippen LogP contribution in [0.2, 0.25) is 0 Å². The van der Waals surface area contributed by atoms with E-state index in [9.17, 15) is 13.2 Å². The number of benzene rings is 3. The van der Waals surface area contributed by atoms with Gasteiger partial charge in [0.1, 0.15) is 12.4 Å². The summed E-state index contributed by atoms with van der Waals surface area (Å²) in [5, 5.41) is 0.930. The lowest BCUT2D eigenvalue weighted by atomic mass is 10.2. The Morgan fingerprint density at radius 2 is 1.77 bits per heavy atom. The van der Waals surface area contributed by atoms with Crippen molar-refractivity contribution in [3.63, 3.8) is 0 Å². The van der Waals surface area contributed by atoms with Gasteiger partial charge in [0.05, 0.1) is 10.4 Å². The van der Waals surface area contributed by atoms with E-state index in [1.807, 2.05) is 31.2 Å². The minimum Gasteiger partial charge on any atom is -0.486 e. The lowest BCUT2D eigenvalue weighted by Crippen LogP contribution is -2.30. The summed E-state index contributed by atoms with van der Waals surface area (Å²) in [4.78, 5) is 21.2. The number of ether oxygens (including phenoxy) is 1. The Morgan fingerprint density at radius 1 is 1.00 bits per heavy atom. The predicted octanol–water partition coefficient (Wildman–Crippen LogP) is 3.64. The van der Waals surface area contributed by atoms with Crippen LogP contribution in [-0.4, -0.2) is 24.3 Å². The third kappa shape index (κ3) is 4.87. The van der Waals surface area contributed by atoms with Gasteiger partial charge in [0.2, 0.25) is 0 Å². The average Bonchev–Trinajstić information content (AvgIpc) is 2.78. The monoisotopic (exact) mass is 433 g/mol. The summed E-state index contributed by atoms with van der Waals surface area (Å²) in [5.74, 6) is 0.153. The number of rotatable bonds is 6. The molecule has 3 aromatic carbocycles. The van der Waals surface area contributed by atoms with Crippen molar-refractivity contribution >= 4 is 26.8 Å². The van der Waals surface area contributed by atoms with Crippen LogP contribution in [0.15, 0.2) is 83.9 Å². The highest BCUT2D eigenvalue weighted by Crippen LogP contribution is 2.17. The minimum absolute atomic E-state index is 0.0207. The second-order valence-corrected chi connectivity index (χ2v) is 8.59. The van der Waals surface area contributed by atoms with Crippen LogP contribution in [0.4, 0.5) is 0 Å². The lowest BCUT2D eigenvalue weighted by Gasteiger charge is -2.09. The van der Waals surface area contributed by atoms with Gasteiger partial charge in [-0.1, -0.05) is 42.0 Å². The molecule has 0 saturated heterocycles. The second-order valence-electron chi connectivity index (χ2n) is 6.91. The Balaban J connectivity index is 1.45. The molecule has 0 unspecified atom stereocenters. The summed E-state index contributed by atoms with van der Waals surface area (Å²) in [6.45, 7) is 1.96. The van der Waals surface area contributed by atoms with Gasteiger partial charge in [-0.3, -0.25) is 4.79 Å². The van der Waals surface area contributed by atoms with E-state index >= 15 is 0 Å². The van der Waals surface area contributed by atoms with Gasteiger partial charge in [-0.2, -0.15) is 0 Å². The van der Waals surface area contributed by atoms with Crippen molar-refractivity contribution in [1.29, 1.82) is 0 Å². The Bertz CT molecular complexity index is 1350. The molecule has 4 rings (SSSR count). The maximum atomic E-state index is 12.5. The highest BCUT2D eigenvalue weighted by Gasteiger charge is 2.19. The molecule has 0 fully saturated rings. The number of carbonyl (C=O) groups excluding carboxylic acids is 1. The SMILES string of the molecule is Cc1ccc(S(=O)(=O)NC(=O)c2cccc(OCc3ncc4ccccc4n3)c2)cc1. The van der Waals surface area contributed by atoms with Gasteiger partial charge in [-0.25, -0.2) is 23.1 Å². The first-order valence-electron chi connectivity index (χ1n) is 9.48. The molecular formula is C23H19N3O4S. The van der Waals surface area contributed by atoms with Crippen molar-refractivity contribution in [1.82, 2.24) is 14.7 Å². The second kappa shape index (κ2) is 8.53. The van der Waals surface area contributed by atoms with Crippen LogP contribution in [0.25, 0.3) is 10.9 Å². The van der Waals surface area contributed by atoms with Crippen LogP contribution in [0, 0.1) is 6.92 Å². The minimum atomic E-state index is -3.97. The molecule has 8 heteroatoms. The van der Waals surface area contributed by atoms with E-state index in [2.05, 4.69) is 14.7 Å². The Hall–Kier alpha value is -3.78. The Labute approximate surface area is 179 Å². The summed E-state index contributed by atoms with van der Waals surface area (Å²) in [6.07, 6.45) is 1.72. The maximum Gasteiger partial charge on any atom is 0.265 e. The molecule has 1 amide bonds. The van der Waals surface area contributed by atoms with E-state index in [1.165, 1.54) is 24.3 Å². The molecule has 1 heterocycles. The summed E-state index contributed by atoms with van der Waals surface area (Å²) in [7, 11) is -3.97. The molecule has 7 nitrogen and oxygen atoms in total. The molecule has 0 spiro atoms. The predicted molar refractivity (Wildman–Crippen MR) is 116 cm³/mol. The fraction of sp³-hybridized carbons (Fsp3) is 0.0870. The number of nitrogens with one attached hydrogen (secondary N) is 1. The van der Waals surface area contributed by atoms with E-state index in [0.717, 1.165) is 16.5 Å². The normalized spacial score (nSPS) is 11.3. The molecule has 0 atom stereocenters. The summed E-state index contributed by atoms with van der Waals surface area (Å²) in [6, 6.07) is 20.1. The largest absolute Gasteiger partial charge is 0.486 e. The summed E-state index contributed by atoms with van der Waals surface area (Å²) in [5.41, 5.74) is 1.89. The number of carbonyl (C=O) groups is 1. The first kappa shape index (κ1) is 20.5. The maximum absolute atomic E-state index is 12.5. The first-order chi connectivity index (χ1) is 14.9. The van der Waals surface area contributed by atoms with Crippen LogP contribution in [0.5, 0.6) is 5.75 Å². The van der Waals surface area contributed by atoms with Crippen LogP contribution in [0.3, 0.4) is 0 Å². The number of hydrogen-bond acceptors (Lipinski definition) is 6. The topological polar surface area (TPSA) is 98.2 Å². The fourth-order valence-corrected chi connectivity index (χ4v) is 3.89. The van der Waals surface area contributed by atoms with Gasteiger partial charge >= 0.3 is 0 Å². The molecular weight excluding hydrogens is 414 g/mol. The Morgan fingerprint density at radius 3 is 2.58 bits per heavy atom. The van der Waals surface area contributed by atoms with Crippen LogP contribution in [0.1, 0.15) is 21.7 Å². The number of aryl methyl sites for hydroxylation is 1. The zero-order chi connectivity index (χ0) is 21.8. The number of aromatic nitrogens is 2. The van der Waals surface area contributed by atoms with Gasteiger partial charge in [-0.15, -0.1) is 0 Å². The van der Waals surface area contributed by atoms with Crippen LogP contribution < -0.4 is 9.46 Å². The van der Waals surface area contributed by atoms with Gasteiger partial charge in [-0.05, 0) is 43.3 Å². The molecule has 0 aliphatic carbocycles. The van der Waals surface area contributed by atoms with Crippen LogP contribution in [-0.2, 0) is 16.6 Å². The highest BCUT2D eigenvalue weighted by molar-refractivity contribution is 7.90. The fourth-order valence-electron chi connectivity index (χ4n) is 2.91. The van der Waals surface area contributed by atoms with Crippen molar-refractivity contribution in [3.05, 3.63) is 95.9 Å². The molecule has 4 aromatic rings. The van der Waals surface area contributed by atoms with Gasteiger partial charge < -0.3 is 4.74 Å². The molecule has 1 N–H and O–H groups in total. The standard InChI is InChI=1S/C23H19N3O4S/c1-16-9-11-20(12-10-16)31(28,29)26-23(27)17-6-4-7-19(13-17)30-15-22-24-14-18-5-2-3-8-21(18)25-22/h2-14H,15H2,1H3,(H,26,27). The molecule has 0 bridgehead atoms. The van der Waals surface area contributed by atoms with Crippen molar-refractivity contribution < 1.29 is 17.9 Å². The van der Waals surface area contributed by atoms with Crippen molar-refractivity contribution in [2.45, 2.75) is 18.4 Å². The number of nitrogens with zero attached hydrogens (tertiary/aromatic N) is 2. The van der Waals surface area contributed by atoms with E-state index in [0.29, 0.717) is 11.6 Å². The van der Waals surface area contributed by atoms with Gasteiger partial charge in [0.25, 0.3) is 15.9 Å². The number of fused-ring (bicyclic) bond motifs is 1. The van der Waals surface area contributed by atoms with Crippen molar-refractivity contribution in [2.75, 3.05) is 0 Å². The highest BCUT2D eigenvalue weighted by atomic mass is 32.2. The molecule has 0 aliphatic heterocycles. The zero-order valence-electron chi connectivity index (χ0n) is 16.6. The van der Waals surface area contributed by atoms with Crippen molar-refractivity contribution in [3.8, 4) is 5.75 Å². The van der Waals surface area contributed by atoms with E-state index < -0.39 is 15.9 Å². The first-order valence-corrected chi connectivity index (χ1v) is 11.0. The molecule has 1 aromatic heterocycles. The molecule has 0 saturated carbocycles. The Kier molecular flexibility index (Phi) is 5.64. The molecule has 156 valence electrons. The van der Waals surface area contributed by atoms with Crippen LogP contribution >= 0.6 is 0 Å². The van der Waals surface area contributed by atoms with E-state index in [4.69, 9.17) is 4.74 Å². The lowest BCUT2D eigenvalue weighted by molar-refractivity contribution is 0.0981. The summed E-state index contributed by atoms with van der Waals surface area (Å²) >= 11 is 0. The zero-order valence-corrected chi connectivity index (χ0v) is 17.5. The van der Waals surface area contributed by atoms with Gasteiger partial charge in [0.15, 0.2) is 5.82 Å². The van der Waals surface area contributed by atoms with E-state index in [-0.39, 0.29) is 17.1 Å². The van der Waals surface area contributed by atoms with E-state index in [1.54, 1.807) is 30.5 Å². The number of amides is 1. The molecule has 31 heavy (non-hydrogen) atoms. The number of para-hydroxylation sites is 1. The molecule has 0 radical (unpaired) electrons. The average molecular weight is 433 g/mol. The van der Waals surface area contributed by atoms with Crippen molar-refractivity contribution in [2.24, 2.45) is 0 Å². The third-order valence-electron chi connectivity index (χ3n) is 4.56. The third-order valence-corrected chi connectivity index (χ3v) is 5.91. The van der Waals surface area contributed by atoms with Gasteiger partial charge in [0, 0.05) is 17.1 Å². The smallest absolute Gasteiger partial charge is 0.265 e. The molecule has 0 aliphatic rings. The number of hydrogen-bond donors (Lipinski definition) is 1. The number of sulfonamides is 1.